The van der Waals surface area contributed by atoms with Gasteiger partial charge in [0, 0.05) is 31.1 Å². The van der Waals surface area contributed by atoms with Gasteiger partial charge in [0.15, 0.2) is 6.04 Å². The Balaban J connectivity index is 1.58. The van der Waals surface area contributed by atoms with Crippen LogP contribution in [-0.2, 0) is 0 Å². The van der Waals surface area contributed by atoms with Crippen LogP contribution in [0.3, 0.4) is 0 Å². The quantitative estimate of drug-likeness (QED) is 0.688. The summed E-state index contributed by atoms with van der Waals surface area (Å²) in [6.07, 6.45) is -3.08. The number of anilines is 1. The van der Waals surface area contributed by atoms with Crippen molar-refractivity contribution in [1.82, 2.24) is 14.7 Å². The zero-order chi connectivity index (χ0) is 22.3. The molecule has 4 rings (SSSR count). The lowest BCUT2D eigenvalue weighted by molar-refractivity contribution is -0.174. The van der Waals surface area contributed by atoms with Crippen LogP contribution < -0.4 is 5.32 Å². The maximum Gasteiger partial charge on any atom is 0.410 e. The Kier molecular flexibility index (Phi) is 5.70. The van der Waals surface area contributed by atoms with E-state index in [-0.39, 0.29) is 29.9 Å². The van der Waals surface area contributed by atoms with Gasteiger partial charge in [-0.2, -0.15) is 18.3 Å². The maximum absolute atomic E-state index is 14.0. The molecule has 0 saturated carbocycles. The molecule has 2 aliphatic rings. The SMILES string of the molecule is CC(C)[C@@H]1C[C@H](C(F)(F)F)n2nc([C@H]3CCCN(C(=O)c4ccccc4F)C3)cc2N1. The monoisotopic (exact) mass is 438 g/mol. The largest absolute Gasteiger partial charge is 0.410 e. The number of hydrogen-bond donors (Lipinski definition) is 1. The number of amides is 1. The Labute approximate surface area is 178 Å². The minimum atomic E-state index is -4.40. The molecule has 0 aliphatic carbocycles. The number of piperidine rings is 1. The van der Waals surface area contributed by atoms with Crippen LogP contribution in [0.5, 0.6) is 0 Å². The van der Waals surface area contributed by atoms with Gasteiger partial charge in [-0.1, -0.05) is 26.0 Å². The predicted molar refractivity (Wildman–Crippen MR) is 108 cm³/mol. The standard InChI is InChI=1S/C22H26F4N4O/c1-13(2)17-10-19(22(24,25)26)30-20(27-17)11-18(28-30)14-6-5-9-29(12-14)21(31)15-7-3-4-8-16(15)23/h3-4,7-8,11,13-14,17,19,27H,5-6,9-10,12H2,1-2H3/t14-,17-,19+/m0/s1. The summed E-state index contributed by atoms with van der Waals surface area (Å²) in [6, 6.07) is 5.52. The number of halogens is 4. The normalized spacial score (nSPS) is 24.1. The van der Waals surface area contributed by atoms with Crippen LogP contribution in [0, 0.1) is 11.7 Å². The summed E-state index contributed by atoms with van der Waals surface area (Å²) in [4.78, 5) is 14.4. The lowest BCUT2D eigenvalue weighted by atomic mass is 9.93. The van der Waals surface area contributed by atoms with E-state index in [4.69, 9.17) is 0 Å². The Hall–Kier alpha value is -2.58. The molecule has 1 fully saturated rings. The molecule has 0 radical (unpaired) electrons. The van der Waals surface area contributed by atoms with E-state index in [1.807, 2.05) is 13.8 Å². The molecule has 1 amide bonds. The number of benzene rings is 1. The van der Waals surface area contributed by atoms with Crippen LogP contribution >= 0.6 is 0 Å². The Morgan fingerprint density at radius 1 is 1.26 bits per heavy atom. The van der Waals surface area contributed by atoms with Crippen molar-refractivity contribution >= 4 is 11.7 Å². The van der Waals surface area contributed by atoms with E-state index in [1.165, 1.54) is 18.2 Å². The number of likely N-dealkylation sites (tertiary alicyclic amines) is 1. The first-order valence-corrected chi connectivity index (χ1v) is 10.6. The first kappa shape index (κ1) is 21.6. The third-order valence-electron chi connectivity index (χ3n) is 6.27. The molecule has 0 unspecified atom stereocenters. The molecule has 5 nitrogen and oxygen atoms in total. The molecule has 3 heterocycles. The van der Waals surface area contributed by atoms with Gasteiger partial charge in [-0.15, -0.1) is 0 Å². The van der Waals surface area contributed by atoms with Gasteiger partial charge in [0.05, 0.1) is 11.3 Å². The van der Waals surface area contributed by atoms with E-state index in [0.717, 1.165) is 4.68 Å². The van der Waals surface area contributed by atoms with E-state index in [9.17, 15) is 22.4 Å². The van der Waals surface area contributed by atoms with Crippen molar-refractivity contribution in [3.05, 3.63) is 47.4 Å². The summed E-state index contributed by atoms with van der Waals surface area (Å²) in [6.45, 7) is 4.57. The number of aromatic nitrogens is 2. The maximum atomic E-state index is 14.0. The average Bonchev–Trinajstić information content (AvgIpc) is 3.16. The van der Waals surface area contributed by atoms with Gasteiger partial charge in [-0.3, -0.25) is 4.79 Å². The van der Waals surface area contributed by atoms with Crippen molar-refractivity contribution in [1.29, 1.82) is 0 Å². The summed E-state index contributed by atoms with van der Waals surface area (Å²) in [5.74, 6) is -0.780. The number of carbonyl (C=O) groups excluding carboxylic acids is 1. The second-order valence-electron chi connectivity index (χ2n) is 8.76. The first-order valence-electron chi connectivity index (χ1n) is 10.6. The highest BCUT2D eigenvalue weighted by Crippen LogP contribution is 2.42. The molecular weight excluding hydrogens is 412 g/mol. The van der Waals surface area contributed by atoms with Crippen molar-refractivity contribution in [2.75, 3.05) is 18.4 Å². The van der Waals surface area contributed by atoms with E-state index in [0.29, 0.717) is 37.4 Å². The number of fused-ring (bicyclic) bond motifs is 1. The summed E-state index contributed by atoms with van der Waals surface area (Å²) in [7, 11) is 0. The molecule has 1 saturated heterocycles. The van der Waals surface area contributed by atoms with Crippen LogP contribution in [0.25, 0.3) is 0 Å². The van der Waals surface area contributed by atoms with Gasteiger partial charge in [0.25, 0.3) is 5.91 Å². The third-order valence-corrected chi connectivity index (χ3v) is 6.27. The van der Waals surface area contributed by atoms with Crippen molar-refractivity contribution in [2.24, 2.45) is 5.92 Å². The minimum Gasteiger partial charge on any atom is -0.367 e. The molecular formula is C22H26F4N4O. The molecule has 168 valence electrons. The second kappa shape index (κ2) is 8.16. The summed E-state index contributed by atoms with van der Waals surface area (Å²) in [5.41, 5.74) is 0.540. The lowest BCUT2D eigenvalue weighted by Gasteiger charge is -2.35. The van der Waals surface area contributed by atoms with E-state index in [2.05, 4.69) is 10.4 Å². The van der Waals surface area contributed by atoms with Crippen LogP contribution in [0.15, 0.2) is 30.3 Å². The fourth-order valence-corrected chi connectivity index (χ4v) is 4.47. The Bertz CT molecular complexity index is 955. The van der Waals surface area contributed by atoms with Crippen molar-refractivity contribution in [3.63, 3.8) is 0 Å². The summed E-state index contributed by atoms with van der Waals surface area (Å²) in [5, 5.41) is 7.52. The number of carbonyl (C=O) groups is 1. The van der Waals surface area contributed by atoms with E-state index >= 15 is 0 Å². The van der Waals surface area contributed by atoms with Gasteiger partial charge in [-0.25, -0.2) is 9.07 Å². The van der Waals surface area contributed by atoms with Crippen molar-refractivity contribution < 1.29 is 22.4 Å². The second-order valence-corrected chi connectivity index (χ2v) is 8.76. The molecule has 0 bridgehead atoms. The number of nitrogens with zero attached hydrogens (tertiary/aromatic N) is 3. The predicted octanol–water partition coefficient (Wildman–Crippen LogP) is 4.99. The molecule has 2 aromatic rings. The molecule has 31 heavy (non-hydrogen) atoms. The van der Waals surface area contributed by atoms with Gasteiger partial charge >= 0.3 is 6.18 Å². The number of hydrogen-bond acceptors (Lipinski definition) is 3. The van der Waals surface area contributed by atoms with E-state index < -0.39 is 23.9 Å². The van der Waals surface area contributed by atoms with Crippen molar-refractivity contribution in [2.45, 2.75) is 57.3 Å². The van der Waals surface area contributed by atoms with Crippen LogP contribution in [-0.4, -0.2) is 45.9 Å². The zero-order valence-corrected chi connectivity index (χ0v) is 17.5. The van der Waals surface area contributed by atoms with Crippen LogP contribution in [0.1, 0.15) is 61.1 Å². The van der Waals surface area contributed by atoms with Crippen LogP contribution in [0.4, 0.5) is 23.4 Å². The number of nitrogens with one attached hydrogen (secondary N) is 1. The van der Waals surface area contributed by atoms with Gasteiger partial charge in [0.1, 0.15) is 11.6 Å². The fourth-order valence-electron chi connectivity index (χ4n) is 4.47. The molecule has 0 spiro atoms. The molecule has 2 aliphatic heterocycles. The Morgan fingerprint density at radius 3 is 2.68 bits per heavy atom. The van der Waals surface area contributed by atoms with Crippen molar-refractivity contribution in [3.8, 4) is 0 Å². The highest BCUT2D eigenvalue weighted by Gasteiger charge is 2.47. The lowest BCUT2D eigenvalue weighted by Crippen LogP contribution is -2.41. The molecule has 1 aromatic heterocycles. The fraction of sp³-hybridized carbons (Fsp3) is 0.545. The average molecular weight is 438 g/mol. The minimum absolute atomic E-state index is 0.00543. The summed E-state index contributed by atoms with van der Waals surface area (Å²) < 4.78 is 56.3. The van der Waals surface area contributed by atoms with Gasteiger partial charge in [-0.05, 0) is 37.3 Å². The smallest absolute Gasteiger partial charge is 0.367 e. The number of alkyl halides is 3. The highest BCUT2D eigenvalue weighted by atomic mass is 19.4. The van der Waals surface area contributed by atoms with Crippen LogP contribution in [0.2, 0.25) is 0 Å². The zero-order valence-electron chi connectivity index (χ0n) is 17.5. The third kappa shape index (κ3) is 4.27. The van der Waals surface area contributed by atoms with Gasteiger partial charge in [0.2, 0.25) is 0 Å². The Morgan fingerprint density at radius 2 is 2.00 bits per heavy atom. The van der Waals surface area contributed by atoms with E-state index in [1.54, 1.807) is 17.0 Å². The highest BCUT2D eigenvalue weighted by molar-refractivity contribution is 5.94. The summed E-state index contributed by atoms with van der Waals surface area (Å²) >= 11 is 0. The molecule has 1 aromatic carbocycles. The molecule has 1 N–H and O–H groups in total. The van der Waals surface area contributed by atoms with Gasteiger partial charge < -0.3 is 10.2 Å². The topological polar surface area (TPSA) is 50.2 Å². The molecule has 9 heteroatoms. The first-order chi connectivity index (χ1) is 14.6. The molecule has 3 atom stereocenters. The number of rotatable bonds is 3.